The molecular formula is C26H24N4O3. The smallest absolute Gasteiger partial charge is 0.303 e. The van der Waals surface area contributed by atoms with Gasteiger partial charge in [0.15, 0.2) is 0 Å². The van der Waals surface area contributed by atoms with Crippen LogP contribution in [0.1, 0.15) is 40.9 Å². The summed E-state index contributed by atoms with van der Waals surface area (Å²) in [5.41, 5.74) is 5.36. The summed E-state index contributed by atoms with van der Waals surface area (Å²) in [7, 11) is 0. The Morgan fingerprint density at radius 3 is 2.42 bits per heavy atom. The molecule has 0 saturated carbocycles. The Morgan fingerprint density at radius 1 is 0.879 bits per heavy atom. The molecule has 0 spiro atoms. The monoisotopic (exact) mass is 440 g/mol. The average molecular weight is 441 g/mol. The second-order valence-corrected chi connectivity index (χ2v) is 7.73. The van der Waals surface area contributed by atoms with Gasteiger partial charge >= 0.3 is 5.97 Å². The number of pyridine rings is 1. The summed E-state index contributed by atoms with van der Waals surface area (Å²) < 4.78 is 0. The number of hydrogen-bond acceptors (Lipinski definition) is 5. The summed E-state index contributed by atoms with van der Waals surface area (Å²) in [6, 6.07) is 18.8. The van der Waals surface area contributed by atoms with E-state index in [-0.39, 0.29) is 12.3 Å². The van der Waals surface area contributed by atoms with Crippen LogP contribution in [0, 0.1) is 0 Å². The molecule has 0 aliphatic carbocycles. The zero-order valence-electron chi connectivity index (χ0n) is 18.1. The van der Waals surface area contributed by atoms with Crippen molar-refractivity contribution in [3.63, 3.8) is 0 Å². The highest BCUT2D eigenvalue weighted by atomic mass is 16.4. The summed E-state index contributed by atoms with van der Waals surface area (Å²) in [5, 5.41) is 11.8. The lowest BCUT2D eigenvalue weighted by molar-refractivity contribution is -0.137. The lowest BCUT2D eigenvalue weighted by Crippen LogP contribution is -2.22. The fraction of sp³-hybridized carbons (Fsp3) is 0.192. The van der Waals surface area contributed by atoms with E-state index in [0.717, 1.165) is 22.5 Å². The van der Waals surface area contributed by atoms with Gasteiger partial charge in [-0.05, 0) is 55.2 Å². The highest BCUT2D eigenvalue weighted by Gasteiger charge is 2.13. The number of carbonyl (C=O) groups excluding carboxylic acids is 1. The number of nitrogens with zero attached hydrogens (tertiary/aromatic N) is 3. The number of rotatable bonds is 9. The third-order valence-electron chi connectivity index (χ3n) is 5.30. The minimum atomic E-state index is -0.801. The van der Waals surface area contributed by atoms with Gasteiger partial charge in [-0.1, -0.05) is 30.3 Å². The van der Waals surface area contributed by atoms with Crippen molar-refractivity contribution in [3.05, 3.63) is 89.9 Å². The summed E-state index contributed by atoms with van der Waals surface area (Å²) in [5.74, 6) is -0.990. The second kappa shape index (κ2) is 10.5. The van der Waals surface area contributed by atoms with E-state index < -0.39 is 5.97 Å². The minimum Gasteiger partial charge on any atom is -0.481 e. The number of aromatic nitrogens is 3. The van der Waals surface area contributed by atoms with Crippen LogP contribution in [0.3, 0.4) is 0 Å². The lowest BCUT2D eigenvalue weighted by atomic mass is 10.0. The van der Waals surface area contributed by atoms with Gasteiger partial charge in [-0.15, -0.1) is 0 Å². The van der Waals surface area contributed by atoms with Crippen molar-refractivity contribution in [2.24, 2.45) is 0 Å². The van der Waals surface area contributed by atoms with E-state index >= 15 is 0 Å². The number of carboxylic acids is 1. The number of nitrogens with one attached hydrogen (secondary N) is 1. The maximum Gasteiger partial charge on any atom is 0.303 e. The van der Waals surface area contributed by atoms with Crippen LogP contribution in [0.4, 0.5) is 0 Å². The molecule has 0 fully saturated rings. The first-order chi connectivity index (χ1) is 16.1. The third-order valence-corrected chi connectivity index (χ3v) is 5.30. The number of carboxylic acid groups (broad SMARTS) is 1. The molecule has 1 amide bonds. The van der Waals surface area contributed by atoms with Crippen molar-refractivity contribution < 1.29 is 14.7 Å². The molecule has 0 aliphatic heterocycles. The van der Waals surface area contributed by atoms with Crippen LogP contribution in [-0.2, 0) is 17.8 Å². The largest absolute Gasteiger partial charge is 0.481 e. The maximum absolute atomic E-state index is 12.7. The van der Waals surface area contributed by atoms with E-state index in [1.54, 1.807) is 24.5 Å². The number of unbranched alkanes of at least 4 members (excludes halogenated alkanes) is 1. The van der Waals surface area contributed by atoms with Crippen LogP contribution in [0.25, 0.3) is 22.3 Å². The molecule has 2 aromatic heterocycles. The van der Waals surface area contributed by atoms with E-state index in [1.807, 2.05) is 48.5 Å². The summed E-state index contributed by atoms with van der Waals surface area (Å²) >= 11 is 0. The molecule has 4 rings (SSSR count). The molecule has 0 unspecified atom stereocenters. The Balaban J connectivity index is 1.60. The lowest BCUT2D eigenvalue weighted by Gasteiger charge is -2.11. The van der Waals surface area contributed by atoms with E-state index in [0.29, 0.717) is 42.4 Å². The first-order valence-electron chi connectivity index (χ1n) is 10.8. The van der Waals surface area contributed by atoms with Gasteiger partial charge < -0.3 is 10.4 Å². The molecule has 0 saturated heterocycles. The predicted molar refractivity (Wildman–Crippen MR) is 126 cm³/mol. The normalized spacial score (nSPS) is 10.8. The highest BCUT2D eigenvalue weighted by Crippen LogP contribution is 2.25. The predicted octanol–water partition coefficient (Wildman–Crippen LogP) is 4.42. The topological polar surface area (TPSA) is 105 Å². The van der Waals surface area contributed by atoms with Crippen LogP contribution in [0.15, 0.2) is 73.1 Å². The Labute approximate surface area is 191 Å². The molecule has 166 valence electrons. The molecule has 0 bridgehead atoms. The van der Waals surface area contributed by atoms with Crippen LogP contribution < -0.4 is 5.32 Å². The first kappa shape index (κ1) is 22.1. The Kier molecular flexibility index (Phi) is 6.99. The quantitative estimate of drug-likeness (QED) is 0.373. The second-order valence-electron chi connectivity index (χ2n) is 7.73. The van der Waals surface area contributed by atoms with E-state index in [4.69, 9.17) is 15.1 Å². The van der Waals surface area contributed by atoms with E-state index in [9.17, 15) is 9.59 Å². The molecule has 0 aliphatic rings. The van der Waals surface area contributed by atoms with E-state index in [1.165, 1.54) is 0 Å². The summed E-state index contributed by atoms with van der Waals surface area (Å²) in [6.45, 7) is 0.410. The number of aryl methyl sites for hydroxylation is 1. The van der Waals surface area contributed by atoms with Crippen LogP contribution in [0.5, 0.6) is 0 Å². The van der Waals surface area contributed by atoms with Crippen molar-refractivity contribution in [2.75, 3.05) is 0 Å². The molecule has 2 aromatic carbocycles. The summed E-state index contributed by atoms with van der Waals surface area (Å²) in [6.07, 6.45) is 5.38. The van der Waals surface area contributed by atoms with Gasteiger partial charge in [0.1, 0.15) is 0 Å². The molecule has 0 atom stereocenters. The first-order valence-corrected chi connectivity index (χ1v) is 10.8. The Morgan fingerprint density at radius 2 is 1.67 bits per heavy atom. The van der Waals surface area contributed by atoms with Crippen molar-refractivity contribution in [1.82, 2.24) is 20.3 Å². The zero-order chi connectivity index (χ0) is 23.0. The fourth-order valence-electron chi connectivity index (χ4n) is 3.59. The van der Waals surface area contributed by atoms with Gasteiger partial charge in [0, 0.05) is 36.5 Å². The van der Waals surface area contributed by atoms with Crippen molar-refractivity contribution in [3.8, 4) is 11.3 Å². The average Bonchev–Trinajstić information content (AvgIpc) is 2.85. The molecule has 7 heteroatoms. The fourth-order valence-corrected chi connectivity index (χ4v) is 3.59. The van der Waals surface area contributed by atoms with Crippen molar-refractivity contribution >= 4 is 22.9 Å². The van der Waals surface area contributed by atoms with Crippen molar-refractivity contribution in [2.45, 2.75) is 32.2 Å². The van der Waals surface area contributed by atoms with Gasteiger partial charge in [0.25, 0.3) is 5.91 Å². The molecule has 4 aromatic rings. The van der Waals surface area contributed by atoms with Crippen molar-refractivity contribution in [1.29, 1.82) is 0 Å². The molecule has 2 N–H and O–H groups in total. The molecular weight excluding hydrogens is 416 g/mol. The molecule has 33 heavy (non-hydrogen) atoms. The van der Waals surface area contributed by atoms with Gasteiger partial charge in [-0.3, -0.25) is 14.6 Å². The summed E-state index contributed by atoms with van der Waals surface area (Å²) in [4.78, 5) is 37.2. The number of hydrogen-bond donors (Lipinski definition) is 2. The van der Waals surface area contributed by atoms with Crippen LogP contribution in [0.2, 0.25) is 0 Å². The number of carbonyl (C=O) groups is 2. The van der Waals surface area contributed by atoms with Gasteiger partial charge in [0.2, 0.25) is 0 Å². The zero-order valence-corrected chi connectivity index (χ0v) is 18.1. The molecule has 7 nitrogen and oxygen atoms in total. The maximum atomic E-state index is 12.7. The molecule has 2 heterocycles. The number of aliphatic carboxylic acids is 1. The third kappa shape index (κ3) is 5.77. The van der Waals surface area contributed by atoms with Crippen LogP contribution >= 0.6 is 0 Å². The Bertz CT molecular complexity index is 1260. The van der Waals surface area contributed by atoms with E-state index in [2.05, 4.69) is 10.3 Å². The van der Waals surface area contributed by atoms with Gasteiger partial charge in [-0.2, -0.15) is 0 Å². The van der Waals surface area contributed by atoms with Crippen LogP contribution in [-0.4, -0.2) is 31.9 Å². The van der Waals surface area contributed by atoms with Gasteiger partial charge in [0.05, 0.1) is 22.4 Å². The molecule has 0 radical (unpaired) electrons. The SMILES string of the molecule is O=C(O)CCCCc1nc2cc(C(=O)NCc3ccncc3)ccc2nc1-c1ccccc1. The number of amides is 1. The number of fused-ring (bicyclic) bond motifs is 1. The standard InChI is InChI=1S/C26H24N4O3/c31-24(32)9-5-4-8-22-25(19-6-2-1-3-7-19)30-21-11-10-20(16-23(21)29-22)26(33)28-17-18-12-14-27-15-13-18/h1-3,6-7,10-16H,4-5,8-9,17H2,(H,28,33)(H,31,32). The van der Waals surface area contributed by atoms with Gasteiger partial charge in [-0.25, -0.2) is 9.97 Å². The Hall–Kier alpha value is -4.13. The highest BCUT2D eigenvalue weighted by molar-refractivity contribution is 5.97. The number of benzene rings is 2. The minimum absolute atomic E-state index is 0.128.